The molecule has 1 N–H and O–H groups in total. The molecular weight excluding hydrogens is 272 g/mol. The fourth-order valence-electron chi connectivity index (χ4n) is 1.84. The first-order valence-electron chi connectivity index (χ1n) is 6.63. The summed E-state index contributed by atoms with van der Waals surface area (Å²) >= 11 is 1.66. The van der Waals surface area contributed by atoms with Crippen molar-refractivity contribution in [3.63, 3.8) is 0 Å². The van der Waals surface area contributed by atoms with E-state index in [0.29, 0.717) is 6.61 Å². The van der Waals surface area contributed by atoms with Crippen LogP contribution in [0.1, 0.15) is 24.9 Å². The predicted molar refractivity (Wildman–Crippen MR) is 82.7 cm³/mol. The molecule has 2 aromatic rings. The van der Waals surface area contributed by atoms with Gasteiger partial charge in [-0.05, 0) is 39.1 Å². The first-order chi connectivity index (χ1) is 9.69. The van der Waals surface area contributed by atoms with Gasteiger partial charge in [-0.3, -0.25) is 0 Å². The van der Waals surface area contributed by atoms with Crippen molar-refractivity contribution in [1.82, 2.24) is 10.3 Å². The van der Waals surface area contributed by atoms with Gasteiger partial charge in [0, 0.05) is 10.9 Å². The van der Waals surface area contributed by atoms with E-state index >= 15 is 0 Å². The molecule has 108 valence electrons. The van der Waals surface area contributed by atoms with Crippen LogP contribution >= 0.6 is 11.3 Å². The van der Waals surface area contributed by atoms with Gasteiger partial charge >= 0.3 is 0 Å². The molecule has 0 aliphatic carbocycles. The number of nitrogens with zero attached hydrogens (tertiary/aromatic N) is 1. The standard InChI is InChI=1S/C15H20N2O2S/c1-5-19-13-7-6-11(8-14(13)18-4)12-9-20-15(17-12)10(2)16-3/h6-10,16H,5H2,1-4H3. The number of aromatic nitrogens is 1. The SMILES string of the molecule is CCOc1ccc(-c2csc(C(C)NC)n2)cc1OC. The van der Waals surface area contributed by atoms with Crippen LogP contribution in [0.15, 0.2) is 23.6 Å². The van der Waals surface area contributed by atoms with Gasteiger partial charge < -0.3 is 14.8 Å². The third-order valence-electron chi connectivity index (χ3n) is 3.08. The summed E-state index contributed by atoms with van der Waals surface area (Å²) in [5.74, 6) is 1.50. The number of rotatable bonds is 6. The van der Waals surface area contributed by atoms with E-state index in [1.807, 2.05) is 32.2 Å². The number of thiazole rings is 1. The van der Waals surface area contributed by atoms with Crippen LogP contribution < -0.4 is 14.8 Å². The Balaban J connectivity index is 2.30. The molecule has 0 bridgehead atoms. The van der Waals surface area contributed by atoms with Gasteiger partial charge in [-0.2, -0.15) is 0 Å². The Bertz CT molecular complexity index is 569. The predicted octanol–water partition coefficient (Wildman–Crippen LogP) is 3.50. The van der Waals surface area contributed by atoms with E-state index in [2.05, 4.69) is 22.6 Å². The van der Waals surface area contributed by atoms with E-state index in [9.17, 15) is 0 Å². The van der Waals surface area contributed by atoms with E-state index in [1.54, 1.807) is 18.4 Å². The first-order valence-corrected chi connectivity index (χ1v) is 7.51. The zero-order chi connectivity index (χ0) is 14.5. The van der Waals surface area contributed by atoms with Gasteiger partial charge in [0.1, 0.15) is 5.01 Å². The minimum atomic E-state index is 0.262. The van der Waals surface area contributed by atoms with Crippen molar-refractivity contribution in [1.29, 1.82) is 0 Å². The lowest BCUT2D eigenvalue weighted by molar-refractivity contribution is 0.311. The van der Waals surface area contributed by atoms with E-state index in [1.165, 1.54) is 0 Å². The van der Waals surface area contributed by atoms with Crippen molar-refractivity contribution in [2.75, 3.05) is 20.8 Å². The minimum Gasteiger partial charge on any atom is -0.493 e. The molecule has 1 unspecified atom stereocenters. The summed E-state index contributed by atoms with van der Waals surface area (Å²) in [6, 6.07) is 6.17. The van der Waals surface area contributed by atoms with Crippen molar-refractivity contribution < 1.29 is 9.47 Å². The molecule has 0 amide bonds. The molecule has 0 aliphatic heterocycles. The molecule has 2 rings (SSSR count). The number of methoxy groups -OCH3 is 1. The summed E-state index contributed by atoms with van der Waals surface area (Å²) in [6.45, 7) is 4.68. The van der Waals surface area contributed by atoms with Crippen LogP contribution in [0.25, 0.3) is 11.3 Å². The Labute approximate surface area is 123 Å². The maximum Gasteiger partial charge on any atom is 0.161 e. The van der Waals surface area contributed by atoms with Crippen LogP contribution in [0.3, 0.4) is 0 Å². The summed E-state index contributed by atoms with van der Waals surface area (Å²) in [5, 5.41) is 6.34. The van der Waals surface area contributed by atoms with Crippen LogP contribution in [0.4, 0.5) is 0 Å². The summed E-state index contributed by atoms with van der Waals surface area (Å²) in [5.41, 5.74) is 2.00. The molecule has 0 fully saturated rings. The normalized spacial score (nSPS) is 12.2. The van der Waals surface area contributed by atoms with Crippen LogP contribution in [0.5, 0.6) is 11.5 Å². The van der Waals surface area contributed by atoms with Gasteiger partial charge in [0.15, 0.2) is 11.5 Å². The van der Waals surface area contributed by atoms with Gasteiger partial charge in [-0.1, -0.05) is 0 Å². The maximum atomic E-state index is 5.53. The third-order valence-corrected chi connectivity index (χ3v) is 4.11. The fourth-order valence-corrected chi connectivity index (χ4v) is 2.74. The van der Waals surface area contributed by atoms with E-state index in [4.69, 9.17) is 9.47 Å². The summed E-state index contributed by atoms with van der Waals surface area (Å²) in [6.07, 6.45) is 0. The highest BCUT2D eigenvalue weighted by molar-refractivity contribution is 7.10. The second-order valence-electron chi connectivity index (χ2n) is 4.38. The summed E-state index contributed by atoms with van der Waals surface area (Å²) < 4.78 is 10.9. The zero-order valence-electron chi connectivity index (χ0n) is 12.3. The number of ether oxygens (including phenoxy) is 2. The molecule has 1 heterocycles. The molecule has 1 aromatic carbocycles. The third kappa shape index (κ3) is 3.11. The first kappa shape index (κ1) is 14.8. The quantitative estimate of drug-likeness (QED) is 0.885. The highest BCUT2D eigenvalue weighted by Crippen LogP contribution is 2.33. The van der Waals surface area contributed by atoms with Crippen molar-refractivity contribution in [3.8, 4) is 22.8 Å². The second kappa shape index (κ2) is 6.72. The highest BCUT2D eigenvalue weighted by Gasteiger charge is 2.12. The molecule has 4 nitrogen and oxygen atoms in total. The molecule has 0 spiro atoms. The Kier molecular flexibility index (Phi) is 4.98. The Morgan fingerprint density at radius 1 is 1.35 bits per heavy atom. The van der Waals surface area contributed by atoms with Crippen molar-refractivity contribution in [2.24, 2.45) is 0 Å². The van der Waals surface area contributed by atoms with Crippen LogP contribution in [0.2, 0.25) is 0 Å². The van der Waals surface area contributed by atoms with Gasteiger partial charge in [0.2, 0.25) is 0 Å². The van der Waals surface area contributed by atoms with E-state index in [-0.39, 0.29) is 6.04 Å². The van der Waals surface area contributed by atoms with Crippen LogP contribution in [-0.4, -0.2) is 25.7 Å². The summed E-state index contributed by atoms with van der Waals surface area (Å²) in [4.78, 5) is 4.66. The lowest BCUT2D eigenvalue weighted by atomic mass is 10.1. The number of hydrogen-bond acceptors (Lipinski definition) is 5. The average Bonchev–Trinajstić information content (AvgIpc) is 2.97. The van der Waals surface area contributed by atoms with Crippen molar-refractivity contribution in [3.05, 3.63) is 28.6 Å². The van der Waals surface area contributed by atoms with Gasteiger partial charge in [-0.15, -0.1) is 11.3 Å². The molecule has 0 aliphatic rings. The van der Waals surface area contributed by atoms with E-state index < -0.39 is 0 Å². The Morgan fingerprint density at radius 2 is 2.15 bits per heavy atom. The molecule has 0 saturated carbocycles. The van der Waals surface area contributed by atoms with Gasteiger partial charge in [0.25, 0.3) is 0 Å². The molecule has 0 radical (unpaired) electrons. The lowest BCUT2D eigenvalue weighted by Gasteiger charge is -2.10. The maximum absolute atomic E-state index is 5.53. The molecule has 1 atom stereocenters. The highest BCUT2D eigenvalue weighted by atomic mass is 32.1. The molecular formula is C15H20N2O2S. The van der Waals surface area contributed by atoms with E-state index in [0.717, 1.165) is 27.8 Å². The summed E-state index contributed by atoms with van der Waals surface area (Å²) in [7, 11) is 3.59. The van der Waals surface area contributed by atoms with Gasteiger partial charge in [0.05, 0.1) is 25.5 Å². The molecule has 1 aromatic heterocycles. The minimum absolute atomic E-state index is 0.262. The Morgan fingerprint density at radius 3 is 2.80 bits per heavy atom. The number of nitrogens with one attached hydrogen (secondary N) is 1. The van der Waals surface area contributed by atoms with Crippen molar-refractivity contribution in [2.45, 2.75) is 19.9 Å². The zero-order valence-corrected chi connectivity index (χ0v) is 13.1. The largest absolute Gasteiger partial charge is 0.493 e. The molecule has 0 saturated heterocycles. The topological polar surface area (TPSA) is 43.4 Å². The molecule has 20 heavy (non-hydrogen) atoms. The smallest absolute Gasteiger partial charge is 0.161 e. The van der Waals surface area contributed by atoms with Crippen LogP contribution in [-0.2, 0) is 0 Å². The fraction of sp³-hybridized carbons (Fsp3) is 0.400. The Hall–Kier alpha value is -1.59. The second-order valence-corrected chi connectivity index (χ2v) is 5.27. The van der Waals surface area contributed by atoms with Crippen molar-refractivity contribution >= 4 is 11.3 Å². The van der Waals surface area contributed by atoms with Crippen LogP contribution in [0, 0.1) is 0 Å². The molecule has 5 heteroatoms. The average molecular weight is 292 g/mol. The monoisotopic (exact) mass is 292 g/mol. The number of benzene rings is 1. The number of hydrogen-bond donors (Lipinski definition) is 1. The van der Waals surface area contributed by atoms with Gasteiger partial charge in [-0.25, -0.2) is 4.98 Å². The lowest BCUT2D eigenvalue weighted by Crippen LogP contribution is -2.11.